The summed E-state index contributed by atoms with van der Waals surface area (Å²) in [6.07, 6.45) is 11.5. The largest absolute Gasteiger partial charge is 0.310 e. The van der Waals surface area contributed by atoms with Gasteiger partial charge >= 0.3 is 0 Å². The van der Waals surface area contributed by atoms with Gasteiger partial charge in [0.25, 0.3) is 0 Å². The molecule has 3 aliphatic rings. The van der Waals surface area contributed by atoms with Crippen molar-refractivity contribution in [2.75, 3.05) is 13.1 Å². The second kappa shape index (κ2) is 5.27. The maximum absolute atomic E-state index is 3.99. The Kier molecular flexibility index (Phi) is 3.72. The fourth-order valence-corrected chi connectivity index (χ4v) is 3.91. The van der Waals surface area contributed by atoms with Gasteiger partial charge in [-0.1, -0.05) is 26.2 Å². The van der Waals surface area contributed by atoms with E-state index >= 15 is 0 Å². The van der Waals surface area contributed by atoms with E-state index in [9.17, 15) is 0 Å². The molecule has 0 spiro atoms. The van der Waals surface area contributed by atoms with Crippen LogP contribution in [0.3, 0.4) is 0 Å². The van der Waals surface area contributed by atoms with Crippen molar-refractivity contribution in [3.8, 4) is 0 Å². The number of rotatable bonds is 4. The number of nitrogens with one attached hydrogen (secondary N) is 1. The zero-order valence-corrected chi connectivity index (χ0v) is 11.3. The Bertz CT molecular complexity index is 249. The third-order valence-corrected chi connectivity index (χ3v) is 5.17. The van der Waals surface area contributed by atoms with E-state index in [4.69, 9.17) is 0 Å². The molecule has 2 aliphatic carbocycles. The van der Waals surface area contributed by atoms with Gasteiger partial charge in [-0.3, -0.25) is 4.90 Å². The predicted molar refractivity (Wildman–Crippen MR) is 72.2 cm³/mol. The van der Waals surface area contributed by atoms with E-state index < -0.39 is 0 Å². The third kappa shape index (κ3) is 2.85. The van der Waals surface area contributed by atoms with E-state index in [1.165, 1.54) is 64.5 Å². The van der Waals surface area contributed by atoms with Crippen molar-refractivity contribution in [2.24, 2.45) is 5.92 Å². The Morgan fingerprint density at radius 1 is 1.06 bits per heavy atom. The quantitative estimate of drug-likeness (QED) is 0.807. The summed E-state index contributed by atoms with van der Waals surface area (Å²) in [7, 11) is 0. The first-order valence-corrected chi connectivity index (χ1v) is 7.87. The lowest BCUT2D eigenvalue weighted by Crippen LogP contribution is -2.45. The molecule has 0 bridgehead atoms. The highest BCUT2D eigenvalue weighted by Crippen LogP contribution is 2.31. The normalized spacial score (nSPS) is 39.7. The van der Waals surface area contributed by atoms with Gasteiger partial charge in [0.2, 0.25) is 0 Å². The fraction of sp³-hybridized carbons (Fsp3) is 1.00. The molecule has 1 aliphatic heterocycles. The lowest BCUT2D eigenvalue weighted by atomic mass is 9.82. The van der Waals surface area contributed by atoms with Crippen molar-refractivity contribution < 1.29 is 0 Å². The molecule has 17 heavy (non-hydrogen) atoms. The minimum absolute atomic E-state index is 0.799. The second-order valence-corrected chi connectivity index (χ2v) is 6.44. The van der Waals surface area contributed by atoms with Crippen LogP contribution in [0.4, 0.5) is 0 Å². The smallest absolute Gasteiger partial charge is 0.0210 e. The molecule has 0 aromatic heterocycles. The number of hydrogen-bond donors (Lipinski definition) is 1. The fourth-order valence-electron chi connectivity index (χ4n) is 3.91. The highest BCUT2D eigenvalue weighted by atomic mass is 15.2. The van der Waals surface area contributed by atoms with Gasteiger partial charge in [-0.25, -0.2) is 0 Å². The monoisotopic (exact) mass is 236 g/mol. The predicted octanol–water partition coefficient (Wildman–Crippen LogP) is 2.78. The molecule has 0 aromatic carbocycles. The average molecular weight is 236 g/mol. The Morgan fingerprint density at radius 3 is 2.65 bits per heavy atom. The van der Waals surface area contributed by atoms with Crippen LogP contribution in [0.25, 0.3) is 0 Å². The van der Waals surface area contributed by atoms with Crippen molar-refractivity contribution in [1.82, 2.24) is 10.2 Å². The van der Waals surface area contributed by atoms with E-state index in [1.54, 1.807) is 0 Å². The molecular formula is C15H28N2. The molecule has 98 valence electrons. The minimum atomic E-state index is 0.799. The standard InChI is InChI=1S/C15H28N2/c1-2-12-5-3-4-6-15(12)16-13-9-10-17(11-13)14-7-8-14/h12-16H,2-11H2,1H3. The summed E-state index contributed by atoms with van der Waals surface area (Å²) >= 11 is 0. The van der Waals surface area contributed by atoms with Crippen molar-refractivity contribution in [2.45, 2.75) is 76.4 Å². The third-order valence-electron chi connectivity index (χ3n) is 5.17. The van der Waals surface area contributed by atoms with Crippen LogP contribution in [0, 0.1) is 5.92 Å². The van der Waals surface area contributed by atoms with Gasteiger partial charge < -0.3 is 5.32 Å². The van der Waals surface area contributed by atoms with Crippen LogP contribution in [-0.4, -0.2) is 36.1 Å². The lowest BCUT2D eigenvalue weighted by molar-refractivity contribution is 0.231. The maximum atomic E-state index is 3.99. The first-order chi connectivity index (χ1) is 8.36. The first-order valence-electron chi connectivity index (χ1n) is 7.87. The zero-order valence-electron chi connectivity index (χ0n) is 11.3. The van der Waals surface area contributed by atoms with Crippen molar-refractivity contribution in [3.05, 3.63) is 0 Å². The summed E-state index contributed by atoms with van der Waals surface area (Å²) in [6, 6.07) is 2.60. The number of likely N-dealkylation sites (tertiary alicyclic amines) is 1. The molecule has 0 aromatic rings. The lowest BCUT2D eigenvalue weighted by Gasteiger charge is -2.34. The van der Waals surface area contributed by atoms with Gasteiger partial charge in [-0.05, 0) is 38.0 Å². The van der Waals surface area contributed by atoms with E-state index in [0.29, 0.717) is 0 Å². The molecule has 0 radical (unpaired) electrons. The molecule has 1 heterocycles. The first kappa shape index (κ1) is 12.0. The van der Waals surface area contributed by atoms with Crippen LogP contribution in [0.2, 0.25) is 0 Å². The zero-order chi connectivity index (χ0) is 11.7. The molecule has 2 heteroatoms. The summed E-state index contributed by atoms with van der Waals surface area (Å²) in [5, 5.41) is 3.99. The summed E-state index contributed by atoms with van der Waals surface area (Å²) < 4.78 is 0. The van der Waals surface area contributed by atoms with Gasteiger partial charge in [0.1, 0.15) is 0 Å². The summed E-state index contributed by atoms with van der Waals surface area (Å²) in [5.41, 5.74) is 0. The highest BCUT2D eigenvalue weighted by molar-refractivity contribution is 4.93. The molecule has 0 amide bonds. The highest BCUT2D eigenvalue weighted by Gasteiger charge is 2.35. The molecule has 1 saturated heterocycles. The Balaban J connectivity index is 1.48. The van der Waals surface area contributed by atoms with Crippen LogP contribution in [-0.2, 0) is 0 Å². The maximum Gasteiger partial charge on any atom is 0.0210 e. The SMILES string of the molecule is CCC1CCCCC1NC1CCN(C2CC2)C1. The van der Waals surface area contributed by atoms with Gasteiger partial charge in [0.05, 0.1) is 0 Å². The average Bonchev–Trinajstić information content (AvgIpc) is 3.11. The molecule has 3 unspecified atom stereocenters. The van der Waals surface area contributed by atoms with Crippen LogP contribution >= 0.6 is 0 Å². The summed E-state index contributed by atoms with van der Waals surface area (Å²) in [5.74, 6) is 0.957. The second-order valence-electron chi connectivity index (χ2n) is 6.44. The van der Waals surface area contributed by atoms with E-state index in [2.05, 4.69) is 17.1 Å². The van der Waals surface area contributed by atoms with Crippen molar-refractivity contribution in [3.63, 3.8) is 0 Å². The van der Waals surface area contributed by atoms with Crippen molar-refractivity contribution in [1.29, 1.82) is 0 Å². The van der Waals surface area contributed by atoms with Crippen LogP contribution in [0.5, 0.6) is 0 Å². The van der Waals surface area contributed by atoms with Gasteiger partial charge in [0.15, 0.2) is 0 Å². The Hall–Kier alpha value is -0.0800. The van der Waals surface area contributed by atoms with E-state index in [0.717, 1.165) is 24.0 Å². The molecule has 2 saturated carbocycles. The molecule has 3 rings (SSSR count). The van der Waals surface area contributed by atoms with Crippen LogP contribution in [0.1, 0.15) is 58.3 Å². The minimum Gasteiger partial charge on any atom is -0.310 e. The Morgan fingerprint density at radius 2 is 1.88 bits per heavy atom. The van der Waals surface area contributed by atoms with Crippen molar-refractivity contribution >= 4 is 0 Å². The summed E-state index contributed by atoms with van der Waals surface area (Å²) in [6.45, 7) is 5.05. The Labute approximate surface area is 106 Å². The number of nitrogens with zero attached hydrogens (tertiary/aromatic N) is 1. The molecule has 3 fully saturated rings. The summed E-state index contributed by atoms with van der Waals surface area (Å²) in [4.78, 5) is 2.72. The van der Waals surface area contributed by atoms with Gasteiger partial charge in [-0.2, -0.15) is 0 Å². The van der Waals surface area contributed by atoms with Gasteiger partial charge in [-0.15, -0.1) is 0 Å². The van der Waals surface area contributed by atoms with Crippen LogP contribution < -0.4 is 5.32 Å². The topological polar surface area (TPSA) is 15.3 Å². The molecule has 3 atom stereocenters. The van der Waals surface area contributed by atoms with E-state index in [1.807, 2.05) is 0 Å². The molecule has 1 N–H and O–H groups in total. The molecule has 2 nitrogen and oxygen atoms in total. The molecular weight excluding hydrogens is 208 g/mol. The van der Waals surface area contributed by atoms with Gasteiger partial charge in [0, 0.05) is 31.2 Å². The van der Waals surface area contributed by atoms with E-state index in [-0.39, 0.29) is 0 Å². The number of hydrogen-bond acceptors (Lipinski definition) is 2. The van der Waals surface area contributed by atoms with Crippen LogP contribution in [0.15, 0.2) is 0 Å².